The molecule has 4 rings (SSSR count). The van der Waals surface area contributed by atoms with Gasteiger partial charge in [0.1, 0.15) is 11.6 Å². The van der Waals surface area contributed by atoms with Crippen molar-refractivity contribution >= 4 is 29.5 Å². The zero-order valence-corrected chi connectivity index (χ0v) is 17.8. The Bertz CT molecular complexity index is 1320. The lowest BCUT2D eigenvalue weighted by molar-refractivity contribution is -0.142. The quantitative estimate of drug-likeness (QED) is 0.195. The minimum Gasteiger partial charge on any atom is -0.426 e. The first-order valence-corrected chi connectivity index (χ1v) is 10.4. The lowest BCUT2D eigenvalue weighted by Gasteiger charge is -2.07. The van der Waals surface area contributed by atoms with E-state index < -0.39 is 23.7 Å². The van der Waals surface area contributed by atoms with E-state index in [0.717, 1.165) is 22.1 Å². The SMILES string of the molecule is CC(=O)Oc1ccccc1/C=C/c1cc(C(F)(F)F)n(-c2nc(-c3ccc(F)cc3)cs2)n1. The second-order valence-electron chi connectivity index (χ2n) is 6.85. The molecule has 5 nitrogen and oxygen atoms in total. The number of rotatable bonds is 5. The monoisotopic (exact) mass is 473 g/mol. The Kier molecular flexibility index (Phi) is 6.10. The first-order chi connectivity index (χ1) is 15.7. The van der Waals surface area contributed by atoms with Crippen LogP contribution in [0.5, 0.6) is 5.75 Å². The third kappa shape index (κ3) is 5.17. The summed E-state index contributed by atoms with van der Waals surface area (Å²) in [7, 11) is 0. The molecule has 2 aromatic heterocycles. The summed E-state index contributed by atoms with van der Waals surface area (Å²) < 4.78 is 60.1. The summed E-state index contributed by atoms with van der Waals surface area (Å²) >= 11 is 0.983. The van der Waals surface area contributed by atoms with Gasteiger partial charge in [0.15, 0.2) is 5.69 Å². The number of esters is 1. The van der Waals surface area contributed by atoms with E-state index in [4.69, 9.17) is 4.74 Å². The van der Waals surface area contributed by atoms with Crippen molar-refractivity contribution in [2.45, 2.75) is 13.1 Å². The Morgan fingerprint density at radius 1 is 1.09 bits per heavy atom. The summed E-state index contributed by atoms with van der Waals surface area (Å²) in [4.78, 5) is 15.5. The summed E-state index contributed by atoms with van der Waals surface area (Å²) in [5.74, 6) is -0.659. The van der Waals surface area contributed by atoms with E-state index in [0.29, 0.717) is 16.8 Å². The van der Waals surface area contributed by atoms with Gasteiger partial charge in [-0.05, 0) is 48.6 Å². The summed E-state index contributed by atoms with van der Waals surface area (Å²) in [6.07, 6.45) is -1.77. The lowest BCUT2D eigenvalue weighted by atomic mass is 10.1. The van der Waals surface area contributed by atoms with Gasteiger partial charge in [-0.15, -0.1) is 11.3 Å². The fourth-order valence-electron chi connectivity index (χ4n) is 2.98. The molecule has 0 saturated heterocycles. The number of ether oxygens (including phenoxy) is 1. The van der Waals surface area contributed by atoms with Gasteiger partial charge >= 0.3 is 12.1 Å². The van der Waals surface area contributed by atoms with Gasteiger partial charge in [-0.3, -0.25) is 4.79 Å². The molecule has 4 aromatic rings. The minimum absolute atomic E-state index is 0.0154. The maximum absolute atomic E-state index is 13.7. The highest BCUT2D eigenvalue weighted by atomic mass is 32.1. The zero-order valence-electron chi connectivity index (χ0n) is 17.0. The van der Waals surface area contributed by atoms with Crippen molar-refractivity contribution in [2.24, 2.45) is 0 Å². The van der Waals surface area contributed by atoms with Crippen LogP contribution >= 0.6 is 11.3 Å². The highest BCUT2D eigenvalue weighted by Crippen LogP contribution is 2.34. The summed E-state index contributed by atoms with van der Waals surface area (Å²) in [6.45, 7) is 1.26. The van der Waals surface area contributed by atoms with E-state index in [2.05, 4.69) is 10.1 Å². The molecule has 168 valence electrons. The van der Waals surface area contributed by atoms with Crippen molar-refractivity contribution in [3.05, 3.63) is 82.7 Å². The summed E-state index contributed by atoms with van der Waals surface area (Å²) in [5.41, 5.74) is 0.533. The van der Waals surface area contributed by atoms with Crippen molar-refractivity contribution in [1.82, 2.24) is 14.8 Å². The van der Waals surface area contributed by atoms with E-state index in [1.165, 1.54) is 43.3 Å². The van der Waals surface area contributed by atoms with Crippen LogP contribution in [0, 0.1) is 5.82 Å². The van der Waals surface area contributed by atoms with Gasteiger partial charge in [-0.25, -0.2) is 14.1 Å². The number of nitrogens with zero attached hydrogens (tertiary/aromatic N) is 3. The molecule has 33 heavy (non-hydrogen) atoms. The number of hydrogen-bond acceptors (Lipinski definition) is 5. The van der Waals surface area contributed by atoms with Gasteiger partial charge in [-0.1, -0.05) is 18.2 Å². The highest BCUT2D eigenvalue weighted by molar-refractivity contribution is 7.12. The van der Waals surface area contributed by atoms with E-state index in [1.807, 2.05) is 0 Å². The van der Waals surface area contributed by atoms with Crippen LogP contribution in [0.1, 0.15) is 23.9 Å². The number of thiazole rings is 1. The molecule has 0 aliphatic heterocycles. The van der Waals surface area contributed by atoms with E-state index in [1.54, 1.807) is 29.6 Å². The van der Waals surface area contributed by atoms with Gasteiger partial charge in [0.2, 0.25) is 5.13 Å². The Morgan fingerprint density at radius 2 is 1.82 bits per heavy atom. The Morgan fingerprint density at radius 3 is 2.52 bits per heavy atom. The molecule has 0 amide bonds. The molecule has 0 saturated carbocycles. The van der Waals surface area contributed by atoms with Crippen LogP contribution in [-0.2, 0) is 11.0 Å². The van der Waals surface area contributed by atoms with Crippen LogP contribution in [0.3, 0.4) is 0 Å². The molecule has 0 fully saturated rings. The van der Waals surface area contributed by atoms with Crippen molar-refractivity contribution in [2.75, 3.05) is 0 Å². The van der Waals surface area contributed by atoms with Crippen molar-refractivity contribution in [3.8, 4) is 22.1 Å². The molecule has 2 aromatic carbocycles. The number of carbonyl (C=O) groups excluding carboxylic acids is 1. The van der Waals surface area contributed by atoms with Crippen LogP contribution in [0.4, 0.5) is 17.6 Å². The Hall–Kier alpha value is -3.79. The normalized spacial score (nSPS) is 11.8. The van der Waals surface area contributed by atoms with Gasteiger partial charge in [0, 0.05) is 23.4 Å². The zero-order chi connectivity index (χ0) is 23.6. The first kappa shape index (κ1) is 22.4. The molecule has 2 heterocycles. The van der Waals surface area contributed by atoms with E-state index >= 15 is 0 Å². The molecule has 0 radical (unpaired) electrons. The Labute approximate surface area is 189 Å². The second-order valence-corrected chi connectivity index (χ2v) is 7.69. The number of hydrogen-bond donors (Lipinski definition) is 0. The average molecular weight is 473 g/mol. The molecule has 0 N–H and O–H groups in total. The van der Waals surface area contributed by atoms with Crippen molar-refractivity contribution in [3.63, 3.8) is 0 Å². The highest BCUT2D eigenvalue weighted by Gasteiger charge is 2.36. The van der Waals surface area contributed by atoms with Crippen LogP contribution in [0.25, 0.3) is 28.5 Å². The maximum atomic E-state index is 13.7. The summed E-state index contributed by atoms with van der Waals surface area (Å²) in [5, 5.41) is 5.66. The number of alkyl halides is 3. The molecule has 0 unspecified atom stereocenters. The van der Waals surface area contributed by atoms with E-state index in [-0.39, 0.29) is 16.6 Å². The van der Waals surface area contributed by atoms with E-state index in [9.17, 15) is 22.4 Å². The van der Waals surface area contributed by atoms with Crippen LogP contribution in [0.2, 0.25) is 0 Å². The lowest BCUT2D eigenvalue weighted by Crippen LogP contribution is -2.13. The molecule has 0 bridgehead atoms. The number of halogens is 4. The molecule has 0 aliphatic rings. The third-order valence-electron chi connectivity index (χ3n) is 4.44. The van der Waals surface area contributed by atoms with Crippen molar-refractivity contribution < 1.29 is 27.1 Å². The molecule has 0 aliphatic carbocycles. The predicted molar refractivity (Wildman–Crippen MR) is 116 cm³/mol. The minimum atomic E-state index is -4.67. The summed E-state index contributed by atoms with van der Waals surface area (Å²) in [6, 6.07) is 13.0. The number of aromatic nitrogens is 3. The number of carbonyl (C=O) groups is 1. The van der Waals surface area contributed by atoms with Crippen molar-refractivity contribution in [1.29, 1.82) is 0 Å². The van der Waals surface area contributed by atoms with Gasteiger partial charge in [-0.2, -0.15) is 18.3 Å². The van der Waals surface area contributed by atoms with Crippen LogP contribution < -0.4 is 4.74 Å². The topological polar surface area (TPSA) is 57.0 Å². The second kappa shape index (κ2) is 8.99. The average Bonchev–Trinajstić information content (AvgIpc) is 3.40. The largest absolute Gasteiger partial charge is 0.433 e. The fourth-order valence-corrected chi connectivity index (χ4v) is 3.78. The molecule has 10 heteroatoms. The smallest absolute Gasteiger partial charge is 0.426 e. The van der Waals surface area contributed by atoms with Gasteiger partial charge in [0.25, 0.3) is 0 Å². The fraction of sp³-hybridized carbons (Fsp3) is 0.0870. The van der Waals surface area contributed by atoms with Crippen LogP contribution in [0.15, 0.2) is 60.0 Å². The molecular weight excluding hydrogens is 458 g/mol. The van der Waals surface area contributed by atoms with Gasteiger partial charge < -0.3 is 4.74 Å². The maximum Gasteiger partial charge on any atom is 0.433 e. The predicted octanol–water partition coefficient (Wildman–Crippen LogP) is 6.25. The van der Waals surface area contributed by atoms with Crippen LogP contribution in [-0.4, -0.2) is 20.7 Å². The molecule has 0 atom stereocenters. The standard InChI is InChI=1S/C23H15F4N3O2S/c1-14(31)32-20-5-3-2-4-16(20)8-11-18-12-21(23(25,26)27)30(29-18)22-28-19(13-33-22)15-6-9-17(24)10-7-15/h2-13H,1H3/b11-8+. The Balaban J connectivity index is 1.69. The van der Waals surface area contributed by atoms with Gasteiger partial charge in [0.05, 0.1) is 11.4 Å². The molecule has 0 spiro atoms. The molecular formula is C23H15F4N3O2S. The third-order valence-corrected chi connectivity index (χ3v) is 5.25. The first-order valence-electron chi connectivity index (χ1n) is 9.55. The number of para-hydroxylation sites is 1. The number of benzene rings is 2.